The molecule has 1 unspecified atom stereocenters. The second kappa shape index (κ2) is 10.1. The van der Waals surface area contributed by atoms with Crippen LogP contribution in [0.15, 0.2) is 40.3 Å². The maximum Gasteiger partial charge on any atom is 0.263 e. The first-order chi connectivity index (χ1) is 16.9. The predicted octanol–water partition coefficient (Wildman–Crippen LogP) is 3.32. The summed E-state index contributed by atoms with van der Waals surface area (Å²) in [6.07, 6.45) is 4.18. The van der Waals surface area contributed by atoms with E-state index in [1.165, 1.54) is 16.6 Å². The predicted molar refractivity (Wildman–Crippen MR) is 141 cm³/mol. The van der Waals surface area contributed by atoms with Gasteiger partial charge in [0.15, 0.2) is 15.0 Å². The first-order valence-electron chi connectivity index (χ1n) is 12.1. The average Bonchev–Trinajstić information content (AvgIpc) is 3.52. The number of amides is 1. The molecule has 1 amide bonds. The second-order valence-corrected chi connectivity index (χ2v) is 13.4. The van der Waals surface area contributed by atoms with Gasteiger partial charge in [-0.05, 0) is 50.2 Å². The molecule has 5 rings (SSSR count). The number of carbonyl (C=O) groups excluding carboxylic acids is 1. The second-order valence-electron chi connectivity index (χ2n) is 9.15. The molecule has 1 aliphatic carbocycles. The standard InChI is InChI=1S/C25H29N3O4S3/c1-2-27(18-12-14-35(31,32)16-18)21(29)15-33-25-26-23-22(19-9-6-10-20(19)34-23)24(30)28(25)13-11-17-7-4-3-5-8-17/h3-5,7-8,18H,2,6,9-16H2,1H3. The molecule has 7 nitrogen and oxygen atoms in total. The minimum absolute atomic E-state index is 0.0190. The van der Waals surface area contributed by atoms with Crippen LogP contribution in [0.5, 0.6) is 0 Å². The maximum atomic E-state index is 13.7. The molecular formula is C25H29N3O4S3. The number of thiophene rings is 1. The Morgan fingerprint density at radius 2 is 2.06 bits per heavy atom. The Hall–Kier alpha value is -2.17. The summed E-state index contributed by atoms with van der Waals surface area (Å²) in [5.41, 5.74) is 2.28. The van der Waals surface area contributed by atoms with E-state index >= 15 is 0 Å². The van der Waals surface area contributed by atoms with E-state index in [4.69, 9.17) is 4.98 Å². The van der Waals surface area contributed by atoms with Crippen LogP contribution in [-0.4, -0.2) is 58.6 Å². The van der Waals surface area contributed by atoms with E-state index < -0.39 is 9.84 Å². The van der Waals surface area contributed by atoms with Gasteiger partial charge in [-0.25, -0.2) is 13.4 Å². The Bertz CT molecular complexity index is 1410. The molecule has 0 bridgehead atoms. The molecule has 1 aliphatic heterocycles. The molecule has 1 fully saturated rings. The molecule has 186 valence electrons. The molecule has 10 heteroatoms. The lowest BCUT2D eigenvalue weighted by atomic mass is 10.1. The quantitative estimate of drug-likeness (QED) is 0.327. The summed E-state index contributed by atoms with van der Waals surface area (Å²) in [4.78, 5) is 35.3. The zero-order valence-corrected chi connectivity index (χ0v) is 22.2. The summed E-state index contributed by atoms with van der Waals surface area (Å²) in [6, 6.07) is 9.77. The highest BCUT2D eigenvalue weighted by molar-refractivity contribution is 7.99. The summed E-state index contributed by atoms with van der Waals surface area (Å²) in [5.74, 6) is 0.176. The summed E-state index contributed by atoms with van der Waals surface area (Å²) in [5, 5.41) is 1.30. The highest BCUT2D eigenvalue weighted by Gasteiger charge is 2.34. The van der Waals surface area contributed by atoms with Crippen molar-refractivity contribution >= 4 is 49.1 Å². The van der Waals surface area contributed by atoms with Crippen LogP contribution in [0.4, 0.5) is 0 Å². The van der Waals surface area contributed by atoms with Crippen molar-refractivity contribution in [3.8, 4) is 0 Å². The van der Waals surface area contributed by atoms with Gasteiger partial charge in [0.1, 0.15) is 4.83 Å². The van der Waals surface area contributed by atoms with Gasteiger partial charge in [-0.15, -0.1) is 11.3 Å². The summed E-state index contributed by atoms with van der Waals surface area (Å²) in [6.45, 7) is 2.83. The number of carbonyl (C=O) groups is 1. The van der Waals surface area contributed by atoms with Gasteiger partial charge < -0.3 is 4.90 Å². The number of aromatic nitrogens is 2. The Morgan fingerprint density at radius 1 is 1.26 bits per heavy atom. The van der Waals surface area contributed by atoms with Gasteiger partial charge in [0.05, 0.1) is 22.6 Å². The highest BCUT2D eigenvalue weighted by atomic mass is 32.2. The number of hydrogen-bond donors (Lipinski definition) is 0. The first-order valence-corrected chi connectivity index (χ1v) is 15.7. The first kappa shape index (κ1) is 24.5. The van der Waals surface area contributed by atoms with Crippen LogP contribution < -0.4 is 5.56 Å². The lowest BCUT2D eigenvalue weighted by Crippen LogP contribution is -2.42. The van der Waals surface area contributed by atoms with Crippen LogP contribution in [-0.2, 0) is 40.4 Å². The molecule has 1 atom stereocenters. The van der Waals surface area contributed by atoms with Gasteiger partial charge >= 0.3 is 0 Å². The zero-order valence-electron chi connectivity index (χ0n) is 19.7. The van der Waals surface area contributed by atoms with Crippen LogP contribution in [0.2, 0.25) is 0 Å². The van der Waals surface area contributed by atoms with Gasteiger partial charge in [-0.2, -0.15) is 0 Å². The molecule has 0 N–H and O–H groups in total. The van der Waals surface area contributed by atoms with E-state index in [2.05, 4.69) is 0 Å². The van der Waals surface area contributed by atoms with Gasteiger partial charge in [-0.3, -0.25) is 14.2 Å². The number of hydrogen-bond acceptors (Lipinski definition) is 7. The number of thioether (sulfide) groups is 1. The van der Waals surface area contributed by atoms with Crippen molar-refractivity contribution in [2.75, 3.05) is 23.8 Å². The summed E-state index contributed by atoms with van der Waals surface area (Å²) >= 11 is 2.88. The number of benzene rings is 1. The third-order valence-electron chi connectivity index (χ3n) is 6.89. The molecule has 2 aliphatic rings. The topological polar surface area (TPSA) is 89.3 Å². The van der Waals surface area contributed by atoms with E-state index in [1.807, 2.05) is 37.3 Å². The molecule has 1 saturated heterocycles. The van der Waals surface area contributed by atoms with Crippen LogP contribution in [0.3, 0.4) is 0 Å². The Labute approximate surface area is 213 Å². The van der Waals surface area contributed by atoms with Gasteiger partial charge in [0, 0.05) is 24.0 Å². The molecule has 1 aromatic carbocycles. The number of fused-ring (bicyclic) bond motifs is 3. The molecule has 0 radical (unpaired) electrons. The normalized spacial score (nSPS) is 18.7. The fourth-order valence-corrected chi connectivity index (χ4v) is 9.06. The molecule has 0 saturated carbocycles. The van der Waals surface area contributed by atoms with E-state index in [1.54, 1.807) is 20.8 Å². The molecular weight excluding hydrogens is 502 g/mol. The van der Waals surface area contributed by atoms with E-state index in [-0.39, 0.29) is 34.8 Å². The fourth-order valence-electron chi connectivity index (χ4n) is 5.12. The number of nitrogens with zero attached hydrogens (tertiary/aromatic N) is 3. The highest BCUT2D eigenvalue weighted by Crippen LogP contribution is 2.35. The molecule has 0 spiro atoms. The summed E-state index contributed by atoms with van der Waals surface area (Å²) < 4.78 is 25.6. The van der Waals surface area contributed by atoms with Gasteiger partial charge in [0.2, 0.25) is 5.91 Å². The third kappa shape index (κ3) is 5.06. The lowest BCUT2D eigenvalue weighted by molar-refractivity contribution is -0.129. The monoisotopic (exact) mass is 531 g/mol. The number of sulfone groups is 1. The van der Waals surface area contributed by atoms with Gasteiger partial charge in [0.25, 0.3) is 5.56 Å². The van der Waals surface area contributed by atoms with Crippen molar-refractivity contribution in [3.63, 3.8) is 0 Å². The third-order valence-corrected chi connectivity index (χ3v) is 10.8. The summed E-state index contributed by atoms with van der Waals surface area (Å²) in [7, 11) is -3.08. The van der Waals surface area contributed by atoms with Crippen molar-refractivity contribution in [1.82, 2.24) is 14.5 Å². The van der Waals surface area contributed by atoms with Gasteiger partial charge in [-0.1, -0.05) is 42.1 Å². The van der Waals surface area contributed by atoms with Crippen molar-refractivity contribution in [1.29, 1.82) is 0 Å². The minimum atomic E-state index is -3.08. The van der Waals surface area contributed by atoms with Crippen LogP contribution in [0.1, 0.15) is 35.8 Å². The van der Waals surface area contributed by atoms with E-state index in [0.717, 1.165) is 40.6 Å². The Morgan fingerprint density at radius 3 is 2.77 bits per heavy atom. The zero-order chi connectivity index (χ0) is 24.6. The number of rotatable bonds is 8. The fraction of sp³-hybridized carbons (Fsp3) is 0.480. The van der Waals surface area contributed by atoms with Crippen LogP contribution in [0, 0.1) is 0 Å². The largest absolute Gasteiger partial charge is 0.338 e. The smallest absolute Gasteiger partial charge is 0.263 e. The molecule has 3 aromatic rings. The Kier molecular flexibility index (Phi) is 7.05. The van der Waals surface area contributed by atoms with Crippen molar-refractivity contribution in [3.05, 3.63) is 56.7 Å². The SMILES string of the molecule is CCN(C(=O)CSc1nc2sc3c(c2c(=O)n1CCc1ccccc1)CCC3)C1CCS(=O)(=O)C1. The van der Waals surface area contributed by atoms with E-state index in [0.29, 0.717) is 31.1 Å². The molecule has 35 heavy (non-hydrogen) atoms. The maximum absolute atomic E-state index is 13.7. The van der Waals surface area contributed by atoms with Crippen LogP contribution >= 0.6 is 23.1 Å². The van der Waals surface area contributed by atoms with Crippen LogP contribution in [0.25, 0.3) is 10.2 Å². The van der Waals surface area contributed by atoms with Crippen molar-refractivity contribution < 1.29 is 13.2 Å². The van der Waals surface area contributed by atoms with Crippen molar-refractivity contribution in [2.24, 2.45) is 0 Å². The average molecular weight is 532 g/mol. The molecule has 3 heterocycles. The van der Waals surface area contributed by atoms with E-state index in [9.17, 15) is 18.0 Å². The van der Waals surface area contributed by atoms with Crippen molar-refractivity contribution in [2.45, 2.75) is 56.8 Å². The lowest BCUT2D eigenvalue weighted by Gasteiger charge is -2.26. The Balaban J connectivity index is 1.42. The molecule has 2 aromatic heterocycles. The minimum Gasteiger partial charge on any atom is -0.338 e. The number of aryl methyl sites for hydroxylation is 3.